The minimum Gasteiger partial charge on any atom is -0.469 e. The highest BCUT2D eigenvalue weighted by Crippen LogP contribution is 2.47. The van der Waals surface area contributed by atoms with Crippen molar-refractivity contribution in [2.24, 2.45) is 0 Å². The van der Waals surface area contributed by atoms with Gasteiger partial charge in [0.1, 0.15) is 19.3 Å². The Morgan fingerprint density at radius 3 is 1.44 bits per heavy atom. The molecule has 0 spiro atoms. The zero-order valence-electron chi connectivity index (χ0n) is 35.6. The number of nitrogens with zero attached hydrogens (tertiary/aromatic N) is 1. The summed E-state index contributed by atoms with van der Waals surface area (Å²) in [6.07, 6.45) is 31.4. The van der Waals surface area contributed by atoms with Gasteiger partial charge in [-0.3, -0.25) is 18.4 Å². The van der Waals surface area contributed by atoms with Gasteiger partial charge in [0.25, 0.3) is 0 Å². The molecule has 0 amide bonds. The number of esters is 1. The van der Waals surface area contributed by atoms with Crippen molar-refractivity contribution in [3.63, 3.8) is 0 Å². The van der Waals surface area contributed by atoms with Crippen molar-refractivity contribution in [1.29, 1.82) is 0 Å². The molecule has 0 saturated heterocycles. The summed E-state index contributed by atoms with van der Waals surface area (Å²) < 4.78 is 52.5. The lowest BCUT2D eigenvalue weighted by molar-refractivity contribution is -0.870. The minimum atomic E-state index is -4.36. The monoisotopic (exact) mass is 815 g/mol. The normalized spacial score (nSPS) is 14.9. The van der Waals surface area contributed by atoms with E-state index in [1.54, 1.807) is 0 Å². The largest absolute Gasteiger partial charge is 0.472 e. The van der Waals surface area contributed by atoms with Gasteiger partial charge < -0.3 is 28.3 Å². The number of carbonyl (C=O) groups is 1. The van der Waals surface area contributed by atoms with Crippen molar-refractivity contribution in [1.82, 2.24) is 0 Å². The summed E-state index contributed by atoms with van der Waals surface area (Å²) in [7, 11) is -1.01. The number of phosphoric acid groups is 1. The molecular formula is C41H86NO10P2+. The van der Waals surface area contributed by atoms with Crippen LogP contribution in [0, 0.1) is 0 Å². The Labute approximate surface area is 332 Å². The Morgan fingerprint density at radius 1 is 0.574 bits per heavy atom. The highest BCUT2D eigenvalue weighted by molar-refractivity contribution is 7.52. The molecule has 0 saturated carbocycles. The quantitative estimate of drug-likeness (QED) is 0.0265. The van der Waals surface area contributed by atoms with Gasteiger partial charge in [0.15, 0.2) is 0 Å². The van der Waals surface area contributed by atoms with E-state index in [0.29, 0.717) is 30.5 Å². The summed E-state index contributed by atoms with van der Waals surface area (Å²) in [5, 5.41) is 0. The minimum absolute atomic E-state index is 0.00650. The van der Waals surface area contributed by atoms with Gasteiger partial charge in [-0.05, 0) is 19.3 Å². The zero-order valence-corrected chi connectivity index (χ0v) is 37.4. The molecule has 3 unspecified atom stereocenters. The molecule has 0 aromatic rings. The van der Waals surface area contributed by atoms with Crippen molar-refractivity contribution >= 4 is 21.4 Å². The molecule has 11 nitrogen and oxygen atoms in total. The summed E-state index contributed by atoms with van der Waals surface area (Å²) in [6, 6.07) is 0. The van der Waals surface area contributed by atoms with E-state index in [0.717, 1.165) is 51.4 Å². The van der Waals surface area contributed by atoms with Crippen LogP contribution >= 0.6 is 15.4 Å². The lowest BCUT2D eigenvalue weighted by Gasteiger charge is -2.25. The van der Waals surface area contributed by atoms with Crippen LogP contribution in [0.1, 0.15) is 187 Å². The second-order valence-electron chi connectivity index (χ2n) is 16.3. The first-order valence-corrected chi connectivity index (χ1v) is 25.1. The number of methoxy groups -OCH3 is 1. The van der Waals surface area contributed by atoms with E-state index >= 15 is 0 Å². The van der Waals surface area contributed by atoms with Gasteiger partial charge in [0.05, 0.1) is 41.5 Å². The number of hydrogen-bond acceptors (Lipinski definition) is 8. The van der Waals surface area contributed by atoms with Crippen LogP contribution in [0.5, 0.6) is 0 Å². The lowest BCUT2D eigenvalue weighted by atomic mass is 10.0. The summed E-state index contributed by atoms with van der Waals surface area (Å²) in [6.45, 7) is 2.90. The molecule has 0 heterocycles. The topological polar surface area (TPSA) is 138 Å². The fourth-order valence-corrected chi connectivity index (χ4v) is 8.34. The first-order chi connectivity index (χ1) is 25.8. The van der Waals surface area contributed by atoms with E-state index < -0.39 is 21.5 Å². The van der Waals surface area contributed by atoms with Gasteiger partial charge in [0.2, 0.25) is 0 Å². The maximum atomic E-state index is 13.0. The molecule has 54 heavy (non-hydrogen) atoms. The highest BCUT2D eigenvalue weighted by atomic mass is 31.2. The molecular weight excluding hydrogens is 728 g/mol. The number of phosphoric ester groups is 1. The van der Waals surface area contributed by atoms with E-state index in [1.165, 1.54) is 123 Å². The van der Waals surface area contributed by atoms with Gasteiger partial charge in [-0.15, -0.1) is 0 Å². The van der Waals surface area contributed by atoms with Crippen LogP contribution in [-0.2, 0) is 37.0 Å². The van der Waals surface area contributed by atoms with Gasteiger partial charge in [-0.2, -0.15) is 0 Å². The molecule has 2 N–H and O–H groups in total. The van der Waals surface area contributed by atoms with Crippen molar-refractivity contribution in [2.75, 3.05) is 67.4 Å². The Hall–Kier alpha value is -0.350. The van der Waals surface area contributed by atoms with Crippen LogP contribution in [0.2, 0.25) is 0 Å². The fourth-order valence-electron chi connectivity index (χ4n) is 6.28. The van der Waals surface area contributed by atoms with Gasteiger partial charge in [-0.25, -0.2) is 4.57 Å². The van der Waals surface area contributed by atoms with Crippen LogP contribution in [0.15, 0.2) is 0 Å². The molecule has 0 aliphatic carbocycles. The van der Waals surface area contributed by atoms with Crippen molar-refractivity contribution in [2.45, 2.75) is 193 Å². The molecule has 0 bridgehead atoms. The first kappa shape index (κ1) is 53.6. The molecule has 0 aromatic carbocycles. The molecule has 0 fully saturated rings. The molecule has 0 aliphatic rings. The highest BCUT2D eigenvalue weighted by Gasteiger charge is 2.29. The molecule has 0 aromatic heterocycles. The number of unbranched alkanes of at least 4 members (excludes halogenated alkanes) is 25. The van der Waals surface area contributed by atoms with Crippen molar-refractivity contribution < 1.29 is 51.2 Å². The maximum absolute atomic E-state index is 13.0. The van der Waals surface area contributed by atoms with E-state index in [-0.39, 0.29) is 32.0 Å². The summed E-state index contributed by atoms with van der Waals surface area (Å²) in [5.41, 5.74) is 0. The summed E-state index contributed by atoms with van der Waals surface area (Å²) >= 11 is 0. The smallest absolute Gasteiger partial charge is 0.469 e. The third-order valence-corrected chi connectivity index (χ3v) is 12.2. The lowest BCUT2D eigenvalue weighted by Crippen LogP contribution is -2.37. The molecule has 0 radical (unpaired) electrons. The Kier molecular flexibility index (Phi) is 35.6. The average molecular weight is 815 g/mol. The van der Waals surface area contributed by atoms with Crippen LogP contribution < -0.4 is 0 Å². The van der Waals surface area contributed by atoms with E-state index in [9.17, 15) is 23.7 Å². The third-order valence-electron chi connectivity index (χ3n) is 9.75. The van der Waals surface area contributed by atoms with Crippen molar-refractivity contribution in [3.8, 4) is 0 Å². The van der Waals surface area contributed by atoms with Crippen LogP contribution in [0.25, 0.3) is 0 Å². The number of carbonyl (C=O) groups excluding carboxylic acids is 1. The van der Waals surface area contributed by atoms with Gasteiger partial charge >= 0.3 is 21.4 Å². The number of hydrogen-bond donors (Lipinski definition) is 2. The Balaban J connectivity index is 4.31. The number of quaternary nitrogens is 1. The Morgan fingerprint density at radius 2 is 1.00 bits per heavy atom. The number of rotatable bonds is 42. The van der Waals surface area contributed by atoms with Crippen LogP contribution in [-0.4, -0.2) is 93.7 Å². The maximum Gasteiger partial charge on any atom is 0.472 e. The van der Waals surface area contributed by atoms with Crippen LogP contribution in [0.4, 0.5) is 0 Å². The SMILES string of the molecule is CCCCCCCCCCCCCCCCP(=O)(O)OC(COCCCCCCCCCCCCCCCC(=O)OC)COP(=O)(O)OCC[N+](C)(C)C. The molecule has 13 heteroatoms. The predicted molar refractivity (Wildman–Crippen MR) is 222 cm³/mol. The number of ether oxygens (including phenoxy) is 2. The zero-order chi connectivity index (χ0) is 40.2. The van der Waals surface area contributed by atoms with Crippen molar-refractivity contribution in [3.05, 3.63) is 0 Å². The fraction of sp³-hybridized carbons (Fsp3) is 0.976. The molecule has 324 valence electrons. The van der Waals surface area contributed by atoms with Gasteiger partial charge in [-0.1, -0.05) is 161 Å². The second-order valence-corrected chi connectivity index (χ2v) is 19.7. The van der Waals surface area contributed by atoms with E-state index in [2.05, 4.69) is 11.7 Å². The summed E-state index contributed by atoms with van der Waals surface area (Å²) in [4.78, 5) is 32.0. The van der Waals surface area contributed by atoms with E-state index in [1.807, 2.05) is 21.1 Å². The number of likely N-dealkylation sites (N-methyl/N-ethyl adjacent to an activating group) is 1. The first-order valence-electron chi connectivity index (χ1n) is 21.9. The molecule has 0 aliphatic heterocycles. The standard InChI is InChI=1S/C41H85NO10P2/c1-6-7-8-9-10-11-12-13-17-20-23-26-29-32-37-53(44,45)52-40(39-51-54(46,47)50-36-34-42(2,3)4)38-49-35-31-28-25-22-19-16-14-15-18-21-24-27-30-33-41(43)48-5/h40H,6-39H2,1-5H3,(H-,44,45,46,47)/p+1. The average Bonchev–Trinajstić information content (AvgIpc) is 3.11. The van der Waals surface area contributed by atoms with Crippen LogP contribution in [0.3, 0.4) is 0 Å². The molecule has 0 rings (SSSR count). The molecule has 3 atom stereocenters. The predicted octanol–water partition coefficient (Wildman–Crippen LogP) is 11.5. The van der Waals surface area contributed by atoms with E-state index in [4.69, 9.17) is 18.3 Å². The van der Waals surface area contributed by atoms with Gasteiger partial charge in [0, 0.05) is 19.2 Å². The summed E-state index contributed by atoms with van der Waals surface area (Å²) in [5.74, 6) is -0.113. The second kappa shape index (κ2) is 35.8. The Bertz CT molecular complexity index is 949. The third kappa shape index (κ3) is 39.9.